The molecule has 0 bridgehead atoms. The number of para-hydroxylation sites is 1. The molecule has 2 heterocycles. The van der Waals surface area contributed by atoms with Gasteiger partial charge in [0, 0.05) is 25.9 Å². The molecule has 1 aromatic rings. The molecule has 0 aliphatic carbocycles. The zero-order chi connectivity index (χ0) is 18.8. The summed E-state index contributed by atoms with van der Waals surface area (Å²) < 4.78 is 38.4. The molecule has 2 aliphatic heterocycles. The van der Waals surface area contributed by atoms with E-state index in [1.807, 2.05) is 0 Å². The highest BCUT2D eigenvalue weighted by Gasteiger charge is 2.57. The first-order chi connectivity index (χ1) is 12.4. The van der Waals surface area contributed by atoms with Crippen LogP contribution >= 0.6 is 0 Å². The molecule has 2 fully saturated rings. The number of carbonyl (C=O) groups excluding carboxylic acids is 2. The molecule has 3 rings (SSSR count). The summed E-state index contributed by atoms with van der Waals surface area (Å²) in [7, 11) is 1.52. The van der Waals surface area contributed by atoms with Gasteiger partial charge in [-0.2, -0.15) is 8.78 Å². The molecule has 0 atom stereocenters. The molecular weight excluding hydrogens is 346 g/mol. The standard InChI is InChI=1S/C18H22F2N2O4/c1-25-12-7-15(23)21-10-8-17(9-11-21)13-22(14-5-3-2-4-6-14)16(24)18(19,20)26-17/h2-6H,7-13H2,1H3. The summed E-state index contributed by atoms with van der Waals surface area (Å²) in [6, 6.07) is 8.39. The van der Waals surface area contributed by atoms with Crippen LogP contribution in [-0.2, 0) is 19.1 Å². The minimum atomic E-state index is -3.88. The Balaban J connectivity index is 1.74. The summed E-state index contributed by atoms with van der Waals surface area (Å²) in [5.41, 5.74) is -0.746. The van der Waals surface area contributed by atoms with Gasteiger partial charge in [-0.25, -0.2) is 0 Å². The van der Waals surface area contributed by atoms with Gasteiger partial charge in [0.2, 0.25) is 5.91 Å². The smallest absolute Gasteiger partial charge is 0.384 e. The molecule has 0 radical (unpaired) electrons. The molecule has 0 aromatic heterocycles. The molecule has 2 aliphatic rings. The Bertz CT molecular complexity index is 660. The van der Waals surface area contributed by atoms with Crippen molar-refractivity contribution in [2.45, 2.75) is 31.0 Å². The third-order valence-corrected chi connectivity index (χ3v) is 4.90. The number of nitrogens with zero attached hydrogens (tertiary/aromatic N) is 2. The number of anilines is 1. The summed E-state index contributed by atoms with van der Waals surface area (Å²) in [6.07, 6.45) is -3.12. The first-order valence-electron chi connectivity index (χ1n) is 8.59. The number of methoxy groups -OCH3 is 1. The van der Waals surface area contributed by atoms with Gasteiger partial charge in [0.1, 0.15) is 0 Å². The van der Waals surface area contributed by atoms with E-state index < -0.39 is 17.6 Å². The summed E-state index contributed by atoms with van der Waals surface area (Å²) >= 11 is 0. The van der Waals surface area contributed by atoms with Gasteiger partial charge in [0.05, 0.1) is 25.2 Å². The van der Waals surface area contributed by atoms with Crippen molar-refractivity contribution >= 4 is 17.5 Å². The third kappa shape index (κ3) is 3.71. The van der Waals surface area contributed by atoms with Crippen LogP contribution in [0.3, 0.4) is 0 Å². The average molecular weight is 368 g/mol. The Morgan fingerprint density at radius 1 is 1.23 bits per heavy atom. The number of amides is 2. The Kier molecular flexibility index (Phi) is 5.24. The van der Waals surface area contributed by atoms with E-state index in [0.717, 1.165) is 4.90 Å². The van der Waals surface area contributed by atoms with Crippen LogP contribution in [0.5, 0.6) is 0 Å². The van der Waals surface area contributed by atoms with Crippen LogP contribution in [-0.4, -0.2) is 61.8 Å². The van der Waals surface area contributed by atoms with Crippen molar-refractivity contribution < 1.29 is 27.8 Å². The highest BCUT2D eigenvalue weighted by Crippen LogP contribution is 2.40. The van der Waals surface area contributed by atoms with Crippen LogP contribution in [0.1, 0.15) is 19.3 Å². The predicted molar refractivity (Wildman–Crippen MR) is 89.9 cm³/mol. The van der Waals surface area contributed by atoms with Crippen molar-refractivity contribution in [3.63, 3.8) is 0 Å². The number of rotatable bonds is 4. The molecule has 142 valence electrons. The first-order valence-corrected chi connectivity index (χ1v) is 8.59. The fourth-order valence-electron chi connectivity index (χ4n) is 3.45. The van der Waals surface area contributed by atoms with E-state index >= 15 is 0 Å². The largest absolute Gasteiger partial charge is 0.437 e. The number of alkyl halides is 2. The molecule has 0 N–H and O–H groups in total. The number of likely N-dealkylation sites (tertiary alicyclic amines) is 1. The lowest BCUT2D eigenvalue weighted by Gasteiger charge is -2.48. The van der Waals surface area contributed by atoms with Crippen LogP contribution in [0.25, 0.3) is 0 Å². The Labute approximate surface area is 150 Å². The van der Waals surface area contributed by atoms with Crippen LogP contribution in [0.4, 0.5) is 14.5 Å². The summed E-state index contributed by atoms with van der Waals surface area (Å²) in [6.45, 7) is 1.00. The number of hydrogen-bond donors (Lipinski definition) is 0. The number of morpholine rings is 1. The molecule has 1 aromatic carbocycles. The van der Waals surface area contributed by atoms with Crippen molar-refractivity contribution in [3.8, 4) is 0 Å². The highest BCUT2D eigenvalue weighted by molar-refractivity contribution is 5.98. The van der Waals surface area contributed by atoms with Gasteiger partial charge < -0.3 is 19.3 Å². The Morgan fingerprint density at radius 2 is 1.88 bits per heavy atom. The van der Waals surface area contributed by atoms with Crippen molar-refractivity contribution in [1.82, 2.24) is 4.90 Å². The van der Waals surface area contributed by atoms with Crippen LogP contribution in [0.15, 0.2) is 30.3 Å². The zero-order valence-electron chi connectivity index (χ0n) is 14.6. The lowest BCUT2D eigenvalue weighted by Crippen LogP contribution is -2.65. The van der Waals surface area contributed by atoms with E-state index in [1.165, 1.54) is 7.11 Å². The summed E-state index contributed by atoms with van der Waals surface area (Å²) in [5.74, 6) is -1.42. The fraction of sp³-hybridized carbons (Fsp3) is 0.556. The SMILES string of the molecule is COCCC(=O)N1CCC2(CC1)CN(c1ccccc1)C(=O)C(F)(F)O2. The maximum atomic E-state index is 14.3. The normalized spacial score (nSPS) is 21.9. The number of carbonyl (C=O) groups is 2. The van der Waals surface area contributed by atoms with Crippen molar-refractivity contribution in [3.05, 3.63) is 30.3 Å². The van der Waals surface area contributed by atoms with Crippen LogP contribution in [0.2, 0.25) is 0 Å². The third-order valence-electron chi connectivity index (χ3n) is 4.90. The van der Waals surface area contributed by atoms with E-state index in [-0.39, 0.29) is 31.7 Å². The minimum Gasteiger partial charge on any atom is -0.384 e. The molecule has 1 spiro atoms. The second-order valence-electron chi connectivity index (χ2n) is 6.65. The second-order valence-corrected chi connectivity index (χ2v) is 6.65. The van der Waals surface area contributed by atoms with Gasteiger partial charge in [-0.1, -0.05) is 18.2 Å². The zero-order valence-corrected chi connectivity index (χ0v) is 14.6. The second kappa shape index (κ2) is 7.28. The summed E-state index contributed by atoms with van der Waals surface area (Å²) in [5, 5.41) is 0. The van der Waals surface area contributed by atoms with Gasteiger partial charge >= 0.3 is 12.0 Å². The average Bonchev–Trinajstić information content (AvgIpc) is 2.64. The Hall–Kier alpha value is -2.06. The van der Waals surface area contributed by atoms with Gasteiger partial charge in [0.25, 0.3) is 0 Å². The molecule has 26 heavy (non-hydrogen) atoms. The number of halogens is 2. The van der Waals surface area contributed by atoms with Crippen molar-refractivity contribution in [2.24, 2.45) is 0 Å². The van der Waals surface area contributed by atoms with Gasteiger partial charge in [-0.05, 0) is 25.0 Å². The lowest BCUT2D eigenvalue weighted by molar-refractivity contribution is -0.292. The number of ether oxygens (including phenoxy) is 2. The quantitative estimate of drug-likeness (QED) is 0.816. The fourth-order valence-corrected chi connectivity index (χ4v) is 3.45. The highest BCUT2D eigenvalue weighted by atomic mass is 19.3. The lowest BCUT2D eigenvalue weighted by atomic mass is 9.88. The monoisotopic (exact) mass is 368 g/mol. The van der Waals surface area contributed by atoms with E-state index in [1.54, 1.807) is 35.2 Å². The maximum absolute atomic E-state index is 14.3. The van der Waals surface area contributed by atoms with Crippen LogP contribution in [0, 0.1) is 0 Å². The van der Waals surface area contributed by atoms with Gasteiger partial charge in [-0.3, -0.25) is 9.59 Å². The van der Waals surface area contributed by atoms with Crippen LogP contribution < -0.4 is 4.90 Å². The molecule has 6 nitrogen and oxygen atoms in total. The van der Waals surface area contributed by atoms with E-state index in [9.17, 15) is 18.4 Å². The van der Waals surface area contributed by atoms with E-state index in [2.05, 4.69) is 0 Å². The molecular formula is C18H22F2N2O4. The number of benzene rings is 1. The molecule has 2 saturated heterocycles. The van der Waals surface area contributed by atoms with Crippen molar-refractivity contribution in [2.75, 3.05) is 38.3 Å². The van der Waals surface area contributed by atoms with E-state index in [0.29, 0.717) is 25.4 Å². The number of hydrogen-bond acceptors (Lipinski definition) is 4. The molecule has 8 heteroatoms. The topological polar surface area (TPSA) is 59.1 Å². The first kappa shape index (κ1) is 18.7. The van der Waals surface area contributed by atoms with E-state index in [4.69, 9.17) is 9.47 Å². The molecule has 0 saturated carbocycles. The predicted octanol–water partition coefficient (Wildman–Crippen LogP) is 2.04. The van der Waals surface area contributed by atoms with Crippen molar-refractivity contribution in [1.29, 1.82) is 0 Å². The summed E-state index contributed by atoms with van der Waals surface area (Å²) in [4.78, 5) is 26.9. The van der Waals surface area contributed by atoms with Gasteiger partial charge in [-0.15, -0.1) is 0 Å². The van der Waals surface area contributed by atoms with Gasteiger partial charge in [0.15, 0.2) is 0 Å². The number of piperidine rings is 1. The molecule has 0 unspecified atom stereocenters. The Morgan fingerprint density at radius 3 is 2.50 bits per heavy atom. The minimum absolute atomic E-state index is 0.0472. The maximum Gasteiger partial charge on any atom is 0.437 e. The molecule has 2 amide bonds.